The summed E-state index contributed by atoms with van der Waals surface area (Å²) in [5, 5.41) is 4.23. The van der Waals surface area contributed by atoms with E-state index in [0.29, 0.717) is 0 Å². The van der Waals surface area contributed by atoms with Gasteiger partial charge in [0.15, 0.2) is 0 Å². The molecular formula is C18H15N3. The largest absolute Gasteiger partial charge is 0.277 e. The standard InChI is InChI=1S/C18H15N3/c1-3-7-15(8-4-1)12-20-21-18-11-17(13-19-14-18)16-9-5-2-6-10-16/h1-14,21H/b20-12+. The van der Waals surface area contributed by atoms with Crippen molar-refractivity contribution in [2.24, 2.45) is 5.10 Å². The van der Waals surface area contributed by atoms with Crippen molar-refractivity contribution in [3.63, 3.8) is 0 Å². The van der Waals surface area contributed by atoms with Crippen molar-refractivity contribution in [1.82, 2.24) is 4.98 Å². The molecule has 3 heteroatoms. The van der Waals surface area contributed by atoms with Gasteiger partial charge in [0.2, 0.25) is 0 Å². The molecule has 0 saturated carbocycles. The molecule has 1 aromatic heterocycles. The van der Waals surface area contributed by atoms with Crippen LogP contribution in [-0.2, 0) is 0 Å². The molecule has 1 heterocycles. The second-order valence-electron chi connectivity index (χ2n) is 4.61. The van der Waals surface area contributed by atoms with Crippen molar-refractivity contribution in [3.05, 3.63) is 84.7 Å². The van der Waals surface area contributed by atoms with Gasteiger partial charge in [-0.1, -0.05) is 60.7 Å². The highest BCUT2D eigenvalue weighted by atomic mass is 15.3. The average molecular weight is 273 g/mol. The third-order valence-electron chi connectivity index (χ3n) is 3.05. The maximum Gasteiger partial charge on any atom is 0.0751 e. The summed E-state index contributed by atoms with van der Waals surface area (Å²) in [7, 11) is 0. The molecular weight excluding hydrogens is 258 g/mol. The van der Waals surface area contributed by atoms with Crippen molar-refractivity contribution in [2.75, 3.05) is 5.43 Å². The van der Waals surface area contributed by atoms with Crippen molar-refractivity contribution >= 4 is 11.9 Å². The van der Waals surface area contributed by atoms with E-state index in [1.165, 1.54) is 0 Å². The molecule has 3 aromatic rings. The van der Waals surface area contributed by atoms with Crippen molar-refractivity contribution in [3.8, 4) is 11.1 Å². The number of anilines is 1. The molecule has 0 fully saturated rings. The lowest BCUT2D eigenvalue weighted by atomic mass is 10.1. The van der Waals surface area contributed by atoms with Gasteiger partial charge in [0, 0.05) is 11.8 Å². The van der Waals surface area contributed by atoms with E-state index in [1.54, 1.807) is 12.4 Å². The van der Waals surface area contributed by atoms with E-state index in [4.69, 9.17) is 0 Å². The summed E-state index contributed by atoms with van der Waals surface area (Å²) in [5.41, 5.74) is 7.13. The van der Waals surface area contributed by atoms with Gasteiger partial charge in [-0.15, -0.1) is 0 Å². The van der Waals surface area contributed by atoms with Gasteiger partial charge < -0.3 is 0 Å². The fourth-order valence-electron chi connectivity index (χ4n) is 2.01. The van der Waals surface area contributed by atoms with Crippen molar-refractivity contribution < 1.29 is 0 Å². The van der Waals surface area contributed by atoms with Crippen LogP contribution in [0.5, 0.6) is 0 Å². The highest BCUT2D eigenvalue weighted by Crippen LogP contribution is 2.20. The predicted octanol–water partition coefficient (Wildman–Crippen LogP) is 4.19. The third-order valence-corrected chi connectivity index (χ3v) is 3.05. The molecule has 102 valence electrons. The number of pyridine rings is 1. The molecule has 2 aromatic carbocycles. The molecule has 0 bridgehead atoms. The van der Waals surface area contributed by atoms with E-state index in [0.717, 1.165) is 22.4 Å². The first-order valence-corrected chi connectivity index (χ1v) is 6.76. The summed E-state index contributed by atoms with van der Waals surface area (Å²) in [6.07, 6.45) is 5.39. The summed E-state index contributed by atoms with van der Waals surface area (Å²) >= 11 is 0. The zero-order valence-corrected chi connectivity index (χ0v) is 11.5. The maximum atomic E-state index is 4.25. The third kappa shape index (κ3) is 3.54. The number of hydrogen-bond acceptors (Lipinski definition) is 3. The van der Waals surface area contributed by atoms with Gasteiger partial charge in [-0.2, -0.15) is 5.10 Å². The van der Waals surface area contributed by atoms with Crippen LogP contribution in [0.4, 0.5) is 5.69 Å². The van der Waals surface area contributed by atoms with Crippen LogP contribution in [0.15, 0.2) is 84.2 Å². The van der Waals surface area contributed by atoms with E-state index < -0.39 is 0 Å². The molecule has 0 atom stereocenters. The molecule has 21 heavy (non-hydrogen) atoms. The molecule has 1 N–H and O–H groups in total. The van der Waals surface area contributed by atoms with Crippen LogP contribution >= 0.6 is 0 Å². The predicted molar refractivity (Wildman–Crippen MR) is 87.3 cm³/mol. The zero-order chi connectivity index (χ0) is 14.3. The molecule has 0 spiro atoms. The van der Waals surface area contributed by atoms with Gasteiger partial charge in [0.1, 0.15) is 0 Å². The highest BCUT2D eigenvalue weighted by molar-refractivity contribution is 5.80. The van der Waals surface area contributed by atoms with E-state index in [-0.39, 0.29) is 0 Å². The average Bonchev–Trinajstić information content (AvgIpc) is 2.57. The quantitative estimate of drug-likeness (QED) is 0.571. The number of hydrogen-bond donors (Lipinski definition) is 1. The molecule has 0 amide bonds. The van der Waals surface area contributed by atoms with Gasteiger partial charge in [-0.3, -0.25) is 10.4 Å². The fraction of sp³-hybridized carbons (Fsp3) is 0. The number of hydrazone groups is 1. The smallest absolute Gasteiger partial charge is 0.0751 e. The fourth-order valence-corrected chi connectivity index (χ4v) is 2.01. The molecule has 0 aliphatic heterocycles. The maximum absolute atomic E-state index is 4.25. The van der Waals surface area contributed by atoms with Crippen LogP contribution in [0.2, 0.25) is 0 Å². The molecule has 3 nitrogen and oxygen atoms in total. The number of aromatic nitrogens is 1. The Hall–Kier alpha value is -2.94. The Morgan fingerprint density at radius 1 is 0.810 bits per heavy atom. The first-order chi connectivity index (χ1) is 10.4. The van der Waals surface area contributed by atoms with Gasteiger partial charge in [-0.05, 0) is 17.2 Å². The SMILES string of the molecule is C(=N\Nc1cncc(-c2ccccc2)c1)/c1ccccc1. The van der Waals surface area contributed by atoms with Crippen LogP contribution in [0.3, 0.4) is 0 Å². The Bertz CT molecular complexity index is 722. The number of nitrogens with zero attached hydrogens (tertiary/aromatic N) is 2. The molecule has 3 rings (SSSR count). The molecule has 0 aliphatic rings. The Kier molecular flexibility index (Phi) is 4.03. The summed E-state index contributed by atoms with van der Waals surface area (Å²) in [5.74, 6) is 0. The second-order valence-corrected chi connectivity index (χ2v) is 4.61. The monoisotopic (exact) mass is 273 g/mol. The summed E-state index contributed by atoms with van der Waals surface area (Å²) in [4.78, 5) is 4.25. The zero-order valence-electron chi connectivity index (χ0n) is 11.5. The minimum Gasteiger partial charge on any atom is -0.277 e. The van der Waals surface area contributed by atoms with Crippen LogP contribution in [-0.4, -0.2) is 11.2 Å². The van der Waals surface area contributed by atoms with Gasteiger partial charge in [0.05, 0.1) is 18.1 Å². The highest BCUT2D eigenvalue weighted by Gasteiger charge is 1.98. The van der Waals surface area contributed by atoms with Crippen LogP contribution < -0.4 is 5.43 Å². The lowest BCUT2D eigenvalue weighted by Crippen LogP contribution is -1.92. The van der Waals surface area contributed by atoms with E-state index in [1.807, 2.05) is 60.8 Å². The Labute approximate surface area is 124 Å². The van der Waals surface area contributed by atoms with Crippen molar-refractivity contribution in [1.29, 1.82) is 0 Å². The van der Waals surface area contributed by atoms with Gasteiger partial charge in [-0.25, -0.2) is 0 Å². The van der Waals surface area contributed by atoms with Crippen LogP contribution in [0.25, 0.3) is 11.1 Å². The number of benzene rings is 2. The number of nitrogens with one attached hydrogen (secondary N) is 1. The Morgan fingerprint density at radius 2 is 1.52 bits per heavy atom. The van der Waals surface area contributed by atoms with Crippen LogP contribution in [0.1, 0.15) is 5.56 Å². The van der Waals surface area contributed by atoms with Gasteiger partial charge >= 0.3 is 0 Å². The van der Waals surface area contributed by atoms with E-state index >= 15 is 0 Å². The molecule has 0 aliphatic carbocycles. The van der Waals surface area contributed by atoms with Crippen molar-refractivity contribution in [2.45, 2.75) is 0 Å². The van der Waals surface area contributed by atoms with E-state index in [2.05, 4.69) is 27.6 Å². The molecule has 0 unspecified atom stereocenters. The summed E-state index contributed by atoms with van der Waals surface area (Å²) in [6.45, 7) is 0. The second kappa shape index (κ2) is 6.48. The minimum atomic E-state index is 0.864. The van der Waals surface area contributed by atoms with E-state index in [9.17, 15) is 0 Å². The van der Waals surface area contributed by atoms with Gasteiger partial charge in [0.25, 0.3) is 0 Å². The first kappa shape index (κ1) is 13.1. The summed E-state index contributed by atoms with van der Waals surface area (Å²) < 4.78 is 0. The van der Waals surface area contributed by atoms with Crippen LogP contribution in [0, 0.1) is 0 Å². The normalized spacial score (nSPS) is 10.7. The topological polar surface area (TPSA) is 37.3 Å². The summed E-state index contributed by atoms with van der Waals surface area (Å²) in [6, 6.07) is 22.2. The first-order valence-electron chi connectivity index (χ1n) is 6.76. The lowest BCUT2D eigenvalue weighted by molar-refractivity contribution is 1.27. The molecule has 0 saturated heterocycles. The number of rotatable bonds is 4. The molecule has 0 radical (unpaired) electrons. The Balaban J connectivity index is 1.74. The minimum absolute atomic E-state index is 0.864. The Morgan fingerprint density at radius 3 is 2.29 bits per heavy atom. The lowest BCUT2D eigenvalue weighted by Gasteiger charge is -2.04.